The molecule has 20 heavy (non-hydrogen) atoms. The van der Waals surface area contributed by atoms with E-state index in [-0.39, 0.29) is 12.4 Å². The maximum Gasteiger partial charge on any atom is 0.233 e. The maximum absolute atomic E-state index is 11.4. The minimum absolute atomic E-state index is 0.105. The monoisotopic (exact) mass is 383 g/mol. The normalized spacial score (nSPS) is 18.7. The van der Waals surface area contributed by atoms with Crippen molar-refractivity contribution in [2.24, 2.45) is 5.41 Å². The number of hydrogen-bond acceptors (Lipinski definition) is 5. The van der Waals surface area contributed by atoms with Crippen molar-refractivity contribution in [3.63, 3.8) is 0 Å². The van der Waals surface area contributed by atoms with Gasteiger partial charge in [0.15, 0.2) is 0 Å². The zero-order valence-corrected chi connectivity index (χ0v) is 13.9. The van der Waals surface area contributed by atoms with E-state index in [9.17, 15) is 8.42 Å². The topological polar surface area (TPSA) is 65.5 Å². The van der Waals surface area contributed by atoms with Crippen LogP contribution in [0.2, 0.25) is 0 Å². The van der Waals surface area contributed by atoms with Crippen LogP contribution in [0.5, 0.6) is 5.75 Å². The summed E-state index contributed by atoms with van der Waals surface area (Å²) in [5, 5.41) is 0. The molecule has 2 heterocycles. The Labute approximate surface area is 131 Å². The van der Waals surface area contributed by atoms with Crippen molar-refractivity contribution in [3.8, 4) is 5.75 Å². The smallest absolute Gasteiger partial charge is 0.233 e. The summed E-state index contributed by atoms with van der Waals surface area (Å²) in [6.45, 7) is 1.32. The van der Waals surface area contributed by atoms with Crippen LogP contribution in [0.15, 0.2) is 22.9 Å². The largest absolute Gasteiger partial charge is 0.491 e. The molecule has 0 spiro atoms. The summed E-state index contributed by atoms with van der Waals surface area (Å²) in [7, 11) is 1.84. The van der Waals surface area contributed by atoms with E-state index in [1.54, 1.807) is 18.5 Å². The molecule has 0 radical (unpaired) electrons. The Morgan fingerprint density at radius 2 is 2.10 bits per heavy atom. The zero-order chi connectivity index (χ0) is 14.6. The highest BCUT2D eigenvalue weighted by Gasteiger charge is 2.37. The van der Waals surface area contributed by atoms with E-state index in [0.717, 1.165) is 4.47 Å². The second-order valence-electron chi connectivity index (χ2n) is 4.92. The van der Waals surface area contributed by atoms with Crippen molar-refractivity contribution in [1.29, 1.82) is 0 Å². The number of halogens is 2. The van der Waals surface area contributed by atoms with Crippen molar-refractivity contribution in [3.05, 3.63) is 22.9 Å². The van der Waals surface area contributed by atoms with Crippen LogP contribution in [0.3, 0.4) is 0 Å². The first-order valence-corrected chi connectivity index (χ1v) is 9.39. The van der Waals surface area contributed by atoms with E-state index < -0.39 is 14.5 Å². The van der Waals surface area contributed by atoms with E-state index >= 15 is 0 Å². The van der Waals surface area contributed by atoms with Crippen molar-refractivity contribution in [2.45, 2.75) is 12.8 Å². The molecule has 5 nitrogen and oxygen atoms in total. The third-order valence-corrected chi connectivity index (χ3v) is 4.98. The van der Waals surface area contributed by atoms with Crippen molar-refractivity contribution < 1.29 is 17.9 Å². The Morgan fingerprint density at radius 1 is 1.40 bits per heavy atom. The minimum Gasteiger partial charge on any atom is -0.491 e. The average molecular weight is 385 g/mol. The van der Waals surface area contributed by atoms with Crippen LogP contribution in [-0.2, 0) is 13.8 Å². The zero-order valence-electron chi connectivity index (χ0n) is 10.7. The van der Waals surface area contributed by atoms with Crippen LogP contribution >= 0.6 is 26.6 Å². The minimum atomic E-state index is -3.58. The number of rotatable bonds is 5. The predicted octanol–water partition coefficient (Wildman–Crippen LogP) is 2.59. The number of aromatic nitrogens is 1. The standard InChI is InChI=1S/C12H15BrClNO4S/c13-10-5-11(7-15-6-10)19-8-12(9-20(14,16)17)1-3-18-4-2-12/h5-7H,1-4,8-9H2. The van der Waals surface area contributed by atoms with Crippen LogP contribution in [0.1, 0.15) is 12.8 Å². The van der Waals surface area contributed by atoms with E-state index in [2.05, 4.69) is 20.9 Å². The van der Waals surface area contributed by atoms with Crippen LogP contribution in [0.4, 0.5) is 0 Å². The Morgan fingerprint density at radius 3 is 2.70 bits per heavy atom. The molecule has 1 aromatic rings. The summed E-state index contributed by atoms with van der Waals surface area (Å²) in [6, 6.07) is 1.79. The lowest BCUT2D eigenvalue weighted by Crippen LogP contribution is -2.40. The molecule has 112 valence electrons. The first-order chi connectivity index (χ1) is 9.39. The summed E-state index contributed by atoms with van der Waals surface area (Å²) in [6.07, 6.45) is 4.47. The number of ether oxygens (including phenoxy) is 2. The molecule has 0 N–H and O–H groups in total. The van der Waals surface area contributed by atoms with Gasteiger partial charge in [-0.25, -0.2) is 8.42 Å². The third-order valence-electron chi connectivity index (χ3n) is 3.26. The second-order valence-corrected chi connectivity index (χ2v) is 8.62. The lowest BCUT2D eigenvalue weighted by atomic mass is 9.83. The second kappa shape index (κ2) is 6.60. The summed E-state index contributed by atoms with van der Waals surface area (Å²) >= 11 is 3.31. The summed E-state index contributed by atoms with van der Waals surface area (Å²) in [5.74, 6) is 0.490. The number of hydrogen-bond donors (Lipinski definition) is 0. The van der Waals surface area contributed by atoms with Crippen LogP contribution in [0.25, 0.3) is 0 Å². The summed E-state index contributed by atoms with van der Waals surface area (Å²) in [4.78, 5) is 4.00. The molecule has 0 aliphatic carbocycles. The fourth-order valence-electron chi connectivity index (χ4n) is 2.21. The molecule has 1 aliphatic rings. The molecule has 0 unspecified atom stereocenters. The lowest BCUT2D eigenvalue weighted by Gasteiger charge is -2.35. The molecule has 0 bridgehead atoms. The van der Waals surface area contributed by atoms with E-state index in [1.807, 2.05) is 0 Å². The highest BCUT2D eigenvalue weighted by Crippen LogP contribution is 2.34. The molecule has 0 amide bonds. The highest BCUT2D eigenvalue weighted by atomic mass is 79.9. The molecule has 8 heteroatoms. The van der Waals surface area contributed by atoms with E-state index in [4.69, 9.17) is 20.2 Å². The molecule has 0 atom stereocenters. The first-order valence-electron chi connectivity index (χ1n) is 6.12. The molecule has 1 fully saturated rings. The van der Waals surface area contributed by atoms with Gasteiger partial charge in [-0.2, -0.15) is 0 Å². The van der Waals surface area contributed by atoms with Crippen LogP contribution in [-0.4, -0.2) is 39.0 Å². The number of pyridine rings is 1. The maximum atomic E-state index is 11.4. The van der Waals surface area contributed by atoms with Crippen molar-refractivity contribution in [2.75, 3.05) is 25.6 Å². The van der Waals surface area contributed by atoms with Gasteiger partial charge in [-0.05, 0) is 34.8 Å². The number of nitrogens with zero attached hydrogens (tertiary/aromatic N) is 1. The first kappa shape index (κ1) is 16.0. The molecular formula is C12H15BrClNO4S. The van der Waals surface area contributed by atoms with Crippen LogP contribution < -0.4 is 4.74 Å². The van der Waals surface area contributed by atoms with Gasteiger partial charge >= 0.3 is 0 Å². The Bertz CT molecular complexity index is 560. The highest BCUT2D eigenvalue weighted by molar-refractivity contribution is 9.10. The van der Waals surface area contributed by atoms with Crippen molar-refractivity contribution >= 4 is 35.7 Å². The average Bonchev–Trinajstić information content (AvgIpc) is 2.36. The molecular weight excluding hydrogens is 370 g/mol. The predicted molar refractivity (Wildman–Crippen MR) is 79.6 cm³/mol. The summed E-state index contributed by atoms with van der Waals surface area (Å²) < 4.78 is 34.6. The molecule has 2 rings (SSSR count). The van der Waals surface area contributed by atoms with Crippen molar-refractivity contribution in [1.82, 2.24) is 4.98 Å². The van der Waals surface area contributed by atoms with Gasteiger partial charge in [-0.3, -0.25) is 4.98 Å². The lowest BCUT2D eigenvalue weighted by molar-refractivity contribution is 0.00221. The van der Waals surface area contributed by atoms with Gasteiger partial charge in [0.05, 0.1) is 18.6 Å². The van der Waals surface area contributed by atoms with Crippen LogP contribution in [0, 0.1) is 5.41 Å². The van der Waals surface area contributed by atoms with E-state index in [0.29, 0.717) is 31.8 Å². The Balaban J connectivity index is 2.08. The van der Waals surface area contributed by atoms with Gasteiger partial charge in [0.25, 0.3) is 0 Å². The molecule has 1 saturated heterocycles. The van der Waals surface area contributed by atoms with Gasteiger partial charge in [0.2, 0.25) is 9.05 Å². The summed E-state index contributed by atoms with van der Waals surface area (Å²) in [5.41, 5.74) is -0.499. The fraction of sp³-hybridized carbons (Fsp3) is 0.583. The quantitative estimate of drug-likeness (QED) is 0.730. The SMILES string of the molecule is O=S(=O)(Cl)CC1(COc2cncc(Br)c2)CCOCC1. The molecule has 1 aromatic heterocycles. The van der Waals surface area contributed by atoms with Gasteiger partial charge in [-0.15, -0.1) is 0 Å². The van der Waals surface area contributed by atoms with Gasteiger partial charge in [0.1, 0.15) is 5.75 Å². The third kappa shape index (κ3) is 4.87. The molecule has 0 saturated carbocycles. The van der Waals surface area contributed by atoms with Gasteiger partial charge in [-0.1, -0.05) is 0 Å². The molecule has 0 aromatic carbocycles. The van der Waals surface area contributed by atoms with Gasteiger partial charge < -0.3 is 9.47 Å². The Hall–Kier alpha value is -0.370. The molecule has 1 aliphatic heterocycles. The van der Waals surface area contributed by atoms with Gasteiger partial charge in [0, 0.05) is 40.0 Å². The fourth-order valence-corrected chi connectivity index (χ4v) is 4.35. The van der Waals surface area contributed by atoms with E-state index in [1.165, 1.54) is 0 Å². The Kier molecular flexibility index (Phi) is 5.28.